The number of hydrogen-bond acceptors (Lipinski definition) is 5. The molecule has 0 saturated heterocycles. The summed E-state index contributed by atoms with van der Waals surface area (Å²) >= 11 is 0. The fourth-order valence-corrected chi connectivity index (χ4v) is 0.430. The van der Waals surface area contributed by atoms with Crippen molar-refractivity contribution in [2.75, 3.05) is 0 Å². The van der Waals surface area contributed by atoms with Gasteiger partial charge in [-0.3, -0.25) is 4.79 Å². The molecule has 0 heterocycles. The van der Waals surface area contributed by atoms with Crippen LogP contribution in [0.1, 0.15) is 6.92 Å². The Morgan fingerprint density at radius 1 is 1.06 bits per heavy atom. The monoisotopic (exact) mass is 308 g/mol. The molecule has 0 fully saturated rings. The van der Waals surface area contributed by atoms with Crippen LogP contribution in [0.4, 0.5) is 0 Å². The first-order valence-corrected chi connectivity index (χ1v) is 3.28. The number of carboxylic acid groups (broad SMARTS) is 2. The van der Waals surface area contributed by atoms with E-state index < -0.39 is 30.1 Å². The van der Waals surface area contributed by atoms with Crippen LogP contribution in [0, 0.1) is 0 Å². The average molecular weight is 308 g/mol. The van der Waals surface area contributed by atoms with E-state index in [4.69, 9.17) is 15.9 Å². The Bertz CT molecular complexity index is 232. The number of ether oxygens (including phenoxy) is 1. The first-order valence-electron chi connectivity index (χ1n) is 3.28. The number of aliphatic carboxylic acids is 2. The molecule has 0 bridgehead atoms. The van der Waals surface area contributed by atoms with Gasteiger partial charge in [-0.2, -0.15) is 0 Å². The van der Waals surface area contributed by atoms with E-state index in [1.165, 1.54) is 6.92 Å². The van der Waals surface area contributed by atoms with Crippen molar-refractivity contribution in [2.24, 2.45) is 5.73 Å². The van der Waals surface area contributed by atoms with Gasteiger partial charge >= 0.3 is 17.9 Å². The first-order chi connectivity index (χ1) is 5.86. The minimum atomic E-state index is -2.20. The van der Waals surface area contributed by atoms with Crippen LogP contribution in [0.15, 0.2) is 0 Å². The molecular formula is C6H9K3NO6. The summed E-state index contributed by atoms with van der Waals surface area (Å²) in [5.74, 6) is -4.57. The van der Waals surface area contributed by atoms with Gasteiger partial charge in [0.25, 0.3) is 6.10 Å². The predicted molar refractivity (Wildman–Crippen MR) is 56.1 cm³/mol. The third-order valence-corrected chi connectivity index (χ3v) is 1.05. The Balaban J connectivity index is -0.000000240. The van der Waals surface area contributed by atoms with Crippen molar-refractivity contribution in [3.63, 3.8) is 0 Å². The molecule has 0 rings (SSSR count). The van der Waals surface area contributed by atoms with Crippen LogP contribution in [-0.4, -0.2) is 194 Å². The van der Waals surface area contributed by atoms with Crippen LogP contribution in [0.3, 0.4) is 0 Å². The molecule has 4 N–H and O–H groups in total. The molecule has 0 spiro atoms. The second-order valence-corrected chi connectivity index (χ2v) is 2.28. The van der Waals surface area contributed by atoms with Crippen molar-refractivity contribution in [3.8, 4) is 0 Å². The second kappa shape index (κ2) is 14.7. The minimum absolute atomic E-state index is 0. The molecule has 0 aromatic heterocycles. The van der Waals surface area contributed by atoms with Crippen molar-refractivity contribution < 1.29 is 29.3 Å². The maximum atomic E-state index is 10.7. The van der Waals surface area contributed by atoms with E-state index in [9.17, 15) is 14.4 Å². The molecule has 0 unspecified atom stereocenters. The fraction of sp³-hybridized carbons (Fsp3) is 0.500. The van der Waals surface area contributed by atoms with Crippen molar-refractivity contribution in [2.45, 2.75) is 19.1 Å². The van der Waals surface area contributed by atoms with Crippen molar-refractivity contribution in [1.29, 1.82) is 0 Å². The number of hydrogen-bond donors (Lipinski definition) is 3. The Kier molecular flexibility index (Phi) is 25.3. The van der Waals surface area contributed by atoms with E-state index in [0.29, 0.717) is 0 Å². The summed E-state index contributed by atoms with van der Waals surface area (Å²) in [5.41, 5.74) is 5.02. The van der Waals surface area contributed by atoms with Gasteiger partial charge in [0, 0.05) is 154 Å². The third-order valence-electron chi connectivity index (χ3n) is 1.05. The smallest absolute Gasteiger partial charge is 0.356 e. The van der Waals surface area contributed by atoms with Gasteiger partial charge in [-0.25, -0.2) is 9.59 Å². The normalized spacial score (nSPS) is 9.94. The second-order valence-electron chi connectivity index (χ2n) is 2.28. The Labute approximate surface area is 220 Å². The molecule has 3 radical (unpaired) electrons. The number of carbonyl (C=O) groups excluding carboxylic acids is 1. The number of carbonyl (C=O) groups is 3. The molecule has 16 heavy (non-hydrogen) atoms. The summed E-state index contributed by atoms with van der Waals surface area (Å²) in [4.78, 5) is 31.1. The van der Waals surface area contributed by atoms with Gasteiger partial charge < -0.3 is 20.7 Å². The third kappa shape index (κ3) is 12.3. The van der Waals surface area contributed by atoms with Gasteiger partial charge in [0.15, 0.2) is 0 Å². The van der Waals surface area contributed by atoms with Crippen LogP contribution in [0.5, 0.6) is 0 Å². The number of rotatable bonds is 4. The molecule has 0 saturated carbocycles. The minimum Gasteiger partial charge on any atom is -0.478 e. The summed E-state index contributed by atoms with van der Waals surface area (Å²) in [5, 5.41) is 16.6. The molecule has 0 aromatic carbocycles. The SMILES string of the molecule is C[C@H](N)C(=O)OC(C(=O)O)C(=O)O.[K].[K].[K]. The van der Waals surface area contributed by atoms with E-state index in [1.54, 1.807) is 0 Å². The van der Waals surface area contributed by atoms with Crippen LogP contribution < -0.4 is 5.73 Å². The van der Waals surface area contributed by atoms with Gasteiger partial charge in [-0.1, -0.05) is 0 Å². The van der Waals surface area contributed by atoms with E-state index >= 15 is 0 Å². The predicted octanol–water partition coefficient (Wildman–Crippen LogP) is -2.73. The van der Waals surface area contributed by atoms with Crippen molar-refractivity contribution in [3.05, 3.63) is 0 Å². The van der Waals surface area contributed by atoms with E-state index in [1.807, 2.05) is 0 Å². The van der Waals surface area contributed by atoms with E-state index in [2.05, 4.69) is 4.74 Å². The zero-order valence-corrected chi connectivity index (χ0v) is 19.1. The first kappa shape index (κ1) is 27.6. The average Bonchev–Trinajstić information content (AvgIpc) is 1.97. The Hall–Kier alpha value is 3.28. The quantitative estimate of drug-likeness (QED) is 0.292. The molecule has 1 atom stereocenters. The fourth-order valence-electron chi connectivity index (χ4n) is 0.430. The Morgan fingerprint density at radius 3 is 1.56 bits per heavy atom. The van der Waals surface area contributed by atoms with Gasteiger partial charge in [0.1, 0.15) is 6.04 Å². The Morgan fingerprint density at radius 2 is 1.38 bits per heavy atom. The molecule has 0 aromatic rings. The van der Waals surface area contributed by atoms with Crippen LogP contribution in [-0.2, 0) is 19.1 Å². The maximum absolute atomic E-state index is 10.7. The zero-order chi connectivity index (χ0) is 10.6. The molecule has 77 valence electrons. The maximum Gasteiger partial charge on any atom is 0.356 e. The van der Waals surface area contributed by atoms with Gasteiger partial charge in [-0.05, 0) is 6.92 Å². The molecule has 10 heteroatoms. The van der Waals surface area contributed by atoms with Gasteiger partial charge in [0.05, 0.1) is 0 Å². The summed E-state index contributed by atoms with van der Waals surface area (Å²) in [6.45, 7) is 1.25. The molecule has 0 aliphatic rings. The number of esters is 1. The van der Waals surface area contributed by atoms with E-state index in [0.717, 1.165) is 0 Å². The van der Waals surface area contributed by atoms with Crippen LogP contribution in [0.2, 0.25) is 0 Å². The summed E-state index contributed by atoms with van der Waals surface area (Å²) in [6, 6.07) is -1.05. The summed E-state index contributed by atoms with van der Waals surface area (Å²) < 4.78 is 4.07. The van der Waals surface area contributed by atoms with Crippen molar-refractivity contribution in [1.82, 2.24) is 0 Å². The van der Waals surface area contributed by atoms with Crippen molar-refractivity contribution >= 4 is 172 Å². The number of carboxylic acids is 2. The van der Waals surface area contributed by atoms with Gasteiger partial charge in [-0.15, -0.1) is 0 Å². The molecule has 0 aliphatic heterocycles. The van der Waals surface area contributed by atoms with Gasteiger partial charge in [0.2, 0.25) is 0 Å². The van der Waals surface area contributed by atoms with Crippen LogP contribution >= 0.6 is 0 Å². The summed E-state index contributed by atoms with van der Waals surface area (Å²) in [6.07, 6.45) is -2.20. The molecule has 0 aliphatic carbocycles. The molecule has 0 amide bonds. The van der Waals surface area contributed by atoms with E-state index in [-0.39, 0.29) is 154 Å². The standard InChI is InChI=1S/C6H9NO6.3K/c1-2(7)6(12)13-3(4(8)9)5(10)11;;;/h2-3H,7H2,1H3,(H,8,9)(H,10,11);;;/t2-;;;/m0.../s1. The largest absolute Gasteiger partial charge is 0.478 e. The molecule has 7 nitrogen and oxygen atoms in total. The zero-order valence-electron chi connectivity index (χ0n) is 9.76. The topological polar surface area (TPSA) is 127 Å². The molecular weight excluding hydrogens is 299 g/mol. The summed E-state index contributed by atoms with van der Waals surface area (Å²) in [7, 11) is 0. The van der Waals surface area contributed by atoms with Crippen LogP contribution in [0.25, 0.3) is 0 Å². The number of nitrogens with two attached hydrogens (primary N) is 1.